The van der Waals surface area contributed by atoms with Gasteiger partial charge in [0.05, 0.1) is 5.54 Å². The number of nitrogens with two attached hydrogens (primary N) is 1. The molecule has 1 fully saturated rings. The first-order valence-electron chi connectivity index (χ1n) is 6.64. The molecular weight excluding hydrogens is 226 g/mol. The second-order valence-corrected chi connectivity index (χ2v) is 5.10. The Bertz CT molecular complexity index is 385. The molecule has 0 saturated heterocycles. The van der Waals surface area contributed by atoms with Gasteiger partial charge in [0.2, 0.25) is 5.91 Å². The zero-order valence-corrected chi connectivity index (χ0v) is 10.7. The van der Waals surface area contributed by atoms with Crippen molar-refractivity contribution in [2.75, 3.05) is 6.54 Å². The van der Waals surface area contributed by atoms with Crippen LogP contribution in [0.25, 0.3) is 0 Å². The Labute approximate surface area is 108 Å². The Balaban J connectivity index is 1.82. The van der Waals surface area contributed by atoms with Gasteiger partial charge >= 0.3 is 0 Å². The number of nitrogens with zero attached hydrogens (tertiary/aromatic N) is 1. The number of hydrogen-bond donors (Lipinski definition) is 2. The van der Waals surface area contributed by atoms with Gasteiger partial charge in [-0.15, -0.1) is 0 Å². The fraction of sp³-hybridized carbons (Fsp3) is 0.571. The zero-order valence-electron chi connectivity index (χ0n) is 10.7. The minimum Gasteiger partial charge on any atom is -0.349 e. The first-order valence-corrected chi connectivity index (χ1v) is 6.64. The predicted molar refractivity (Wildman–Crippen MR) is 71.0 cm³/mol. The van der Waals surface area contributed by atoms with Crippen LogP contribution in [0.15, 0.2) is 24.5 Å². The summed E-state index contributed by atoms with van der Waals surface area (Å²) in [5, 5.41) is 3.13. The van der Waals surface area contributed by atoms with E-state index in [0.29, 0.717) is 13.0 Å². The predicted octanol–water partition coefficient (Wildman–Crippen LogP) is 1.40. The van der Waals surface area contributed by atoms with Crippen molar-refractivity contribution < 1.29 is 4.79 Å². The van der Waals surface area contributed by atoms with E-state index in [0.717, 1.165) is 24.8 Å². The molecule has 2 rings (SSSR count). The van der Waals surface area contributed by atoms with Gasteiger partial charge < -0.3 is 11.1 Å². The third kappa shape index (κ3) is 3.29. The van der Waals surface area contributed by atoms with Crippen LogP contribution >= 0.6 is 0 Å². The van der Waals surface area contributed by atoms with Gasteiger partial charge in [0.25, 0.3) is 0 Å². The summed E-state index contributed by atoms with van der Waals surface area (Å²) in [4.78, 5) is 16.0. The molecule has 0 bridgehead atoms. The second kappa shape index (κ2) is 5.96. The van der Waals surface area contributed by atoms with Crippen molar-refractivity contribution in [2.45, 2.75) is 44.1 Å². The number of nitrogens with one attached hydrogen (secondary N) is 1. The van der Waals surface area contributed by atoms with E-state index in [-0.39, 0.29) is 11.4 Å². The lowest BCUT2D eigenvalue weighted by Crippen LogP contribution is -2.51. The van der Waals surface area contributed by atoms with Crippen LogP contribution in [0.4, 0.5) is 0 Å². The molecule has 4 nitrogen and oxygen atoms in total. The molecule has 98 valence electrons. The van der Waals surface area contributed by atoms with E-state index in [1.165, 1.54) is 12.8 Å². The molecule has 0 atom stereocenters. The van der Waals surface area contributed by atoms with E-state index < -0.39 is 0 Å². The van der Waals surface area contributed by atoms with Crippen LogP contribution in [0.1, 0.15) is 37.7 Å². The number of aromatic nitrogens is 1. The third-order valence-corrected chi connectivity index (χ3v) is 3.72. The van der Waals surface area contributed by atoms with Crippen LogP contribution in [0.2, 0.25) is 0 Å². The average Bonchev–Trinajstić information content (AvgIpc) is 2.87. The Morgan fingerprint density at radius 3 is 2.83 bits per heavy atom. The third-order valence-electron chi connectivity index (χ3n) is 3.72. The Morgan fingerprint density at radius 2 is 2.22 bits per heavy atom. The van der Waals surface area contributed by atoms with Gasteiger partial charge in [-0.3, -0.25) is 9.78 Å². The molecule has 1 aliphatic carbocycles. The van der Waals surface area contributed by atoms with E-state index in [9.17, 15) is 4.79 Å². The van der Waals surface area contributed by atoms with E-state index >= 15 is 0 Å². The molecule has 1 saturated carbocycles. The van der Waals surface area contributed by atoms with E-state index in [2.05, 4.69) is 10.3 Å². The van der Waals surface area contributed by atoms with Gasteiger partial charge in [-0.1, -0.05) is 18.9 Å². The van der Waals surface area contributed by atoms with Crippen molar-refractivity contribution >= 4 is 5.91 Å². The van der Waals surface area contributed by atoms with Crippen molar-refractivity contribution in [1.82, 2.24) is 10.3 Å². The maximum Gasteiger partial charge on any atom is 0.220 e. The van der Waals surface area contributed by atoms with Crippen LogP contribution in [-0.4, -0.2) is 23.0 Å². The number of carbonyl (C=O) groups excluding carboxylic acids is 1. The highest BCUT2D eigenvalue weighted by molar-refractivity contribution is 5.77. The fourth-order valence-electron chi connectivity index (χ4n) is 2.59. The second-order valence-electron chi connectivity index (χ2n) is 5.10. The monoisotopic (exact) mass is 247 g/mol. The lowest BCUT2D eigenvalue weighted by Gasteiger charge is -2.28. The summed E-state index contributed by atoms with van der Waals surface area (Å²) in [5.41, 5.74) is 6.76. The quantitative estimate of drug-likeness (QED) is 0.826. The summed E-state index contributed by atoms with van der Waals surface area (Å²) in [7, 11) is 0. The molecule has 0 aliphatic heterocycles. The topological polar surface area (TPSA) is 68.0 Å². The largest absolute Gasteiger partial charge is 0.349 e. The molecule has 1 aromatic heterocycles. The minimum atomic E-state index is -0.133. The zero-order chi connectivity index (χ0) is 12.8. The highest BCUT2D eigenvalue weighted by Gasteiger charge is 2.33. The van der Waals surface area contributed by atoms with E-state index in [1.54, 1.807) is 6.20 Å². The molecule has 1 aromatic rings. The number of amides is 1. The van der Waals surface area contributed by atoms with Crippen LogP contribution in [0, 0.1) is 0 Å². The van der Waals surface area contributed by atoms with Gasteiger partial charge in [-0.2, -0.15) is 0 Å². The number of aryl methyl sites for hydroxylation is 1. The van der Waals surface area contributed by atoms with Crippen molar-refractivity contribution in [2.24, 2.45) is 5.73 Å². The first-order chi connectivity index (χ1) is 8.74. The fourth-order valence-corrected chi connectivity index (χ4v) is 2.59. The highest BCUT2D eigenvalue weighted by Crippen LogP contribution is 2.28. The average molecular weight is 247 g/mol. The normalized spacial score (nSPS) is 17.6. The van der Waals surface area contributed by atoms with Crippen LogP contribution < -0.4 is 11.1 Å². The molecule has 1 amide bonds. The lowest BCUT2D eigenvalue weighted by atomic mass is 9.97. The van der Waals surface area contributed by atoms with Crippen LogP contribution in [-0.2, 0) is 11.2 Å². The first kappa shape index (κ1) is 13.0. The standard InChI is InChI=1S/C14H21N3O/c15-11-14(7-1-2-8-14)17-13(18)6-5-12-4-3-9-16-10-12/h3-4,9-10H,1-2,5-8,11,15H2,(H,17,18). The van der Waals surface area contributed by atoms with Gasteiger partial charge in [0.15, 0.2) is 0 Å². The van der Waals surface area contributed by atoms with Crippen molar-refractivity contribution in [3.63, 3.8) is 0 Å². The van der Waals surface area contributed by atoms with Crippen LogP contribution in [0.5, 0.6) is 0 Å². The molecule has 0 radical (unpaired) electrons. The molecule has 1 heterocycles. The van der Waals surface area contributed by atoms with Gasteiger partial charge in [0, 0.05) is 25.4 Å². The molecule has 3 N–H and O–H groups in total. The summed E-state index contributed by atoms with van der Waals surface area (Å²) in [6.45, 7) is 0.547. The number of pyridine rings is 1. The molecule has 18 heavy (non-hydrogen) atoms. The maximum absolute atomic E-state index is 11.9. The lowest BCUT2D eigenvalue weighted by molar-refractivity contribution is -0.122. The Kier molecular flexibility index (Phi) is 4.31. The van der Waals surface area contributed by atoms with Crippen molar-refractivity contribution in [1.29, 1.82) is 0 Å². The Morgan fingerprint density at radius 1 is 1.44 bits per heavy atom. The number of carbonyl (C=O) groups is 1. The van der Waals surface area contributed by atoms with Crippen molar-refractivity contribution in [3.8, 4) is 0 Å². The molecular formula is C14H21N3O. The molecule has 4 heteroatoms. The summed E-state index contributed by atoms with van der Waals surface area (Å²) in [6.07, 6.45) is 9.16. The highest BCUT2D eigenvalue weighted by atomic mass is 16.1. The summed E-state index contributed by atoms with van der Waals surface area (Å²) >= 11 is 0. The minimum absolute atomic E-state index is 0.103. The van der Waals surface area contributed by atoms with Gasteiger partial charge in [0.1, 0.15) is 0 Å². The Hall–Kier alpha value is -1.42. The van der Waals surface area contributed by atoms with Gasteiger partial charge in [-0.05, 0) is 30.9 Å². The molecule has 0 unspecified atom stereocenters. The maximum atomic E-state index is 11.9. The van der Waals surface area contributed by atoms with Crippen LogP contribution in [0.3, 0.4) is 0 Å². The summed E-state index contributed by atoms with van der Waals surface area (Å²) < 4.78 is 0. The van der Waals surface area contributed by atoms with E-state index in [4.69, 9.17) is 5.73 Å². The SMILES string of the molecule is NCC1(NC(=O)CCc2cccnc2)CCCC1. The van der Waals surface area contributed by atoms with Crippen molar-refractivity contribution in [3.05, 3.63) is 30.1 Å². The number of hydrogen-bond acceptors (Lipinski definition) is 3. The van der Waals surface area contributed by atoms with E-state index in [1.807, 2.05) is 18.3 Å². The molecule has 0 spiro atoms. The number of rotatable bonds is 5. The molecule has 0 aromatic carbocycles. The smallest absolute Gasteiger partial charge is 0.220 e. The summed E-state index contributed by atoms with van der Waals surface area (Å²) in [6, 6.07) is 3.89. The van der Waals surface area contributed by atoms with Gasteiger partial charge in [-0.25, -0.2) is 0 Å². The summed E-state index contributed by atoms with van der Waals surface area (Å²) in [5.74, 6) is 0.103. The molecule has 1 aliphatic rings.